The lowest BCUT2D eigenvalue weighted by Crippen LogP contribution is -2.43. The fourth-order valence-electron chi connectivity index (χ4n) is 1.98. The minimum Gasteiger partial charge on any atom is -0.381 e. The fourth-order valence-corrected chi connectivity index (χ4v) is 1.98. The van der Waals surface area contributed by atoms with E-state index in [1.54, 1.807) is 7.11 Å². The van der Waals surface area contributed by atoms with E-state index in [1.165, 1.54) is 0 Å². The third-order valence-corrected chi connectivity index (χ3v) is 3.25. The second-order valence-corrected chi connectivity index (χ2v) is 4.62. The van der Waals surface area contributed by atoms with E-state index in [0.29, 0.717) is 6.54 Å². The van der Waals surface area contributed by atoms with E-state index in [-0.39, 0.29) is 5.60 Å². The Balaban J connectivity index is 2.54. The third-order valence-electron chi connectivity index (χ3n) is 3.25. The summed E-state index contributed by atoms with van der Waals surface area (Å²) in [4.78, 5) is 4.63. The highest BCUT2D eigenvalue weighted by Crippen LogP contribution is 2.24. The van der Waals surface area contributed by atoms with E-state index >= 15 is 0 Å². The van der Waals surface area contributed by atoms with Crippen LogP contribution in [-0.4, -0.2) is 51.5 Å². The predicted octanol–water partition coefficient (Wildman–Crippen LogP) is 1.15. The maximum absolute atomic E-state index is 5.67. The molecule has 18 heavy (non-hydrogen) atoms. The Morgan fingerprint density at radius 3 is 2.56 bits per heavy atom. The van der Waals surface area contributed by atoms with Crippen molar-refractivity contribution in [3.8, 4) is 0 Å². The molecule has 0 aliphatic carbocycles. The fraction of sp³-hybridized carbons (Fsp3) is 0.923. The Bertz CT molecular complexity index is 251. The van der Waals surface area contributed by atoms with Crippen molar-refractivity contribution in [1.82, 2.24) is 10.6 Å². The maximum atomic E-state index is 5.67. The average Bonchev–Trinajstić information content (AvgIpc) is 2.43. The molecule has 2 N–H and O–H groups in total. The van der Waals surface area contributed by atoms with Crippen LogP contribution in [-0.2, 0) is 9.47 Å². The van der Waals surface area contributed by atoms with Gasteiger partial charge in [0, 0.05) is 46.3 Å². The first-order valence-corrected chi connectivity index (χ1v) is 6.91. The summed E-state index contributed by atoms with van der Waals surface area (Å²) in [5, 5.41) is 6.55. The number of nitrogens with zero attached hydrogens (tertiary/aromatic N) is 1. The molecule has 0 saturated carbocycles. The topological polar surface area (TPSA) is 54.9 Å². The molecule has 0 radical (unpaired) electrons. The molecule has 0 bridgehead atoms. The number of guanidine groups is 1. The molecule has 1 aliphatic rings. The minimum atomic E-state index is -0.146. The van der Waals surface area contributed by atoms with Crippen LogP contribution in [0.5, 0.6) is 0 Å². The molecule has 0 aromatic carbocycles. The molecular formula is C13H27N3O2. The Morgan fingerprint density at radius 2 is 2.00 bits per heavy atom. The van der Waals surface area contributed by atoms with Crippen LogP contribution in [0.15, 0.2) is 4.99 Å². The summed E-state index contributed by atoms with van der Waals surface area (Å²) in [6.07, 6.45) is 2.92. The van der Waals surface area contributed by atoms with Crippen molar-refractivity contribution in [2.24, 2.45) is 4.99 Å². The highest BCUT2D eigenvalue weighted by atomic mass is 16.5. The van der Waals surface area contributed by atoms with Crippen LogP contribution in [0.2, 0.25) is 0 Å². The number of methoxy groups -OCH3 is 1. The lowest BCUT2D eigenvalue weighted by Gasteiger charge is -2.34. The molecule has 0 atom stereocenters. The van der Waals surface area contributed by atoms with E-state index in [9.17, 15) is 0 Å². The second kappa shape index (κ2) is 8.32. The average molecular weight is 257 g/mol. The molecule has 0 amide bonds. The Labute approximate surface area is 110 Å². The van der Waals surface area contributed by atoms with Gasteiger partial charge in [-0.2, -0.15) is 0 Å². The highest BCUT2D eigenvalue weighted by molar-refractivity contribution is 5.79. The smallest absolute Gasteiger partial charge is 0.191 e. The first-order valence-electron chi connectivity index (χ1n) is 6.91. The number of aliphatic imine (C=N–C) groups is 1. The van der Waals surface area contributed by atoms with Crippen molar-refractivity contribution in [1.29, 1.82) is 0 Å². The Hall–Kier alpha value is -0.810. The van der Waals surface area contributed by atoms with Gasteiger partial charge in [-0.1, -0.05) is 6.92 Å². The molecule has 0 spiro atoms. The summed E-state index contributed by atoms with van der Waals surface area (Å²) >= 11 is 0. The van der Waals surface area contributed by atoms with Crippen molar-refractivity contribution in [2.75, 3.05) is 40.0 Å². The summed E-state index contributed by atoms with van der Waals surface area (Å²) in [5.74, 6) is 0.877. The van der Waals surface area contributed by atoms with Crippen LogP contribution in [0, 0.1) is 0 Å². The standard InChI is InChI=1S/C13H27N3O2/c1-4-8-15-12(14-5-2)16-11-13(17-3)6-9-18-10-7-13/h4-11H2,1-3H3,(H2,14,15,16). The van der Waals surface area contributed by atoms with Crippen molar-refractivity contribution in [2.45, 2.75) is 38.7 Å². The second-order valence-electron chi connectivity index (χ2n) is 4.62. The molecule has 1 aliphatic heterocycles. The molecular weight excluding hydrogens is 230 g/mol. The van der Waals surface area contributed by atoms with Crippen LogP contribution < -0.4 is 10.6 Å². The maximum Gasteiger partial charge on any atom is 0.191 e. The number of ether oxygens (including phenoxy) is 2. The van der Waals surface area contributed by atoms with Crippen LogP contribution in [0.3, 0.4) is 0 Å². The molecule has 5 nitrogen and oxygen atoms in total. The van der Waals surface area contributed by atoms with Crippen molar-refractivity contribution in [3.63, 3.8) is 0 Å². The third kappa shape index (κ3) is 4.82. The van der Waals surface area contributed by atoms with Gasteiger partial charge in [-0.25, -0.2) is 0 Å². The first kappa shape index (κ1) is 15.2. The Kier molecular flexibility index (Phi) is 7.05. The van der Waals surface area contributed by atoms with Gasteiger partial charge in [-0.05, 0) is 13.3 Å². The van der Waals surface area contributed by atoms with Crippen LogP contribution in [0.1, 0.15) is 33.1 Å². The van der Waals surface area contributed by atoms with E-state index in [4.69, 9.17) is 9.47 Å². The molecule has 0 unspecified atom stereocenters. The number of rotatable bonds is 6. The molecule has 5 heteroatoms. The zero-order chi connectivity index (χ0) is 13.3. The first-order chi connectivity index (χ1) is 8.76. The summed E-state index contributed by atoms with van der Waals surface area (Å²) in [5.41, 5.74) is -0.146. The quantitative estimate of drug-likeness (QED) is 0.553. The molecule has 106 valence electrons. The zero-order valence-corrected chi connectivity index (χ0v) is 11.9. The number of hydrogen-bond donors (Lipinski definition) is 2. The number of nitrogens with one attached hydrogen (secondary N) is 2. The lowest BCUT2D eigenvalue weighted by molar-refractivity contribution is -0.0828. The van der Waals surface area contributed by atoms with E-state index in [1.807, 2.05) is 0 Å². The van der Waals surface area contributed by atoms with Crippen LogP contribution in [0.4, 0.5) is 0 Å². The van der Waals surface area contributed by atoms with E-state index in [2.05, 4.69) is 29.5 Å². The van der Waals surface area contributed by atoms with Gasteiger partial charge in [0.05, 0.1) is 12.1 Å². The normalized spacial score (nSPS) is 19.6. The van der Waals surface area contributed by atoms with Gasteiger partial charge in [0.15, 0.2) is 5.96 Å². The van der Waals surface area contributed by atoms with Crippen molar-refractivity contribution >= 4 is 5.96 Å². The van der Waals surface area contributed by atoms with Gasteiger partial charge in [0.1, 0.15) is 0 Å². The minimum absolute atomic E-state index is 0.146. The van der Waals surface area contributed by atoms with Gasteiger partial charge >= 0.3 is 0 Å². The van der Waals surface area contributed by atoms with Crippen LogP contribution in [0.25, 0.3) is 0 Å². The molecule has 1 heterocycles. The Morgan fingerprint density at radius 1 is 1.28 bits per heavy atom. The summed E-state index contributed by atoms with van der Waals surface area (Å²) in [6, 6.07) is 0. The zero-order valence-electron chi connectivity index (χ0n) is 11.9. The predicted molar refractivity (Wildman–Crippen MR) is 74.1 cm³/mol. The van der Waals surface area contributed by atoms with E-state index in [0.717, 1.165) is 51.5 Å². The van der Waals surface area contributed by atoms with Gasteiger partial charge in [0.25, 0.3) is 0 Å². The van der Waals surface area contributed by atoms with Crippen molar-refractivity contribution < 1.29 is 9.47 Å². The van der Waals surface area contributed by atoms with Gasteiger partial charge in [-0.15, -0.1) is 0 Å². The van der Waals surface area contributed by atoms with Crippen LogP contribution >= 0.6 is 0 Å². The van der Waals surface area contributed by atoms with E-state index < -0.39 is 0 Å². The SMILES string of the molecule is CCCNC(=NCC1(OC)CCOCC1)NCC. The summed E-state index contributed by atoms with van der Waals surface area (Å²) < 4.78 is 11.1. The molecule has 0 aromatic heterocycles. The molecule has 1 fully saturated rings. The lowest BCUT2D eigenvalue weighted by atomic mass is 9.94. The largest absolute Gasteiger partial charge is 0.381 e. The molecule has 0 aromatic rings. The van der Waals surface area contributed by atoms with Gasteiger partial charge in [-0.3, -0.25) is 4.99 Å². The monoisotopic (exact) mass is 257 g/mol. The highest BCUT2D eigenvalue weighted by Gasteiger charge is 2.32. The summed E-state index contributed by atoms with van der Waals surface area (Å²) in [6.45, 7) is 8.25. The summed E-state index contributed by atoms with van der Waals surface area (Å²) in [7, 11) is 1.77. The molecule has 1 saturated heterocycles. The van der Waals surface area contributed by atoms with Crippen molar-refractivity contribution in [3.05, 3.63) is 0 Å². The molecule has 1 rings (SSSR count). The van der Waals surface area contributed by atoms with Gasteiger partial charge in [0.2, 0.25) is 0 Å². The van der Waals surface area contributed by atoms with Gasteiger partial charge < -0.3 is 20.1 Å². The number of hydrogen-bond acceptors (Lipinski definition) is 3.